The van der Waals surface area contributed by atoms with Gasteiger partial charge in [0.15, 0.2) is 0 Å². The third-order valence-electron chi connectivity index (χ3n) is 1.97. The minimum Gasteiger partial charge on any atom is -0.465 e. The molecule has 0 atom stereocenters. The van der Waals surface area contributed by atoms with Gasteiger partial charge in [0.05, 0.1) is 19.8 Å². The van der Waals surface area contributed by atoms with Crippen LogP contribution in [0.1, 0.15) is 20.7 Å². The normalized spacial score (nSPS) is 9.53. The lowest BCUT2D eigenvalue weighted by Gasteiger charge is -2.02. The molecule has 0 fully saturated rings. The van der Waals surface area contributed by atoms with Crippen molar-refractivity contribution in [2.75, 3.05) is 14.2 Å². The number of hydrogen-bond donors (Lipinski definition) is 1. The predicted octanol–water partition coefficient (Wildman–Crippen LogP) is 0.333. The summed E-state index contributed by atoms with van der Waals surface area (Å²) in [6, 6.07) is 5.53. The van der Waals surface area contributed by atoms with E-state index < -0.39 is 17.7 Å². The van der Waals surface area contributed by atoms with Crippen LogP contribution in [-0.4, -0.2) is 31.9 Å². The van der Waals surface area contributed by atoms with E-state index >= 15 is 0 Å². The Bertz CT molecular complexity index is 438. The number of ketones is 1. The Balaban J connectivity index is 2.84. The number of esters is 1. The fourth-order valence-electron chi connectivity index (χ4n) is 1.15. The Hall–Kier alpha value is -2.21. The summed E-state index contributed by atoms with van der Waals surface area (Å²) in [6.07, 6.45) is 0. The molecule has 0 spiro atoms. The van der Waals surface area contributed by atoms with Gasteiger partial charge in [0.2, 0.25) is 0 Å². The summed E-state index contributed by atoms with van der Waals surface area (Å²) in [5.41, 5.74) is 2.37. The van der Waals surface area contributed by atoms with Crippen molar-refractivity contribution in [1.82, 2.24) is 5.48 Å². The summed E-state index contributed by atoms with van der Waals surface area (Å²) in [6.45, 7) is 0. The van der Waals surface area contributed by atoms with Crippen molar-refractivity contribution in [3.8, 4) is 0 Å². The molecular weight excluding hydrogens is 226 g/mol. The number of ether oxygens (including phenoxy) is 1. The van der Waals surface area contributed by atoms with Crippen molar-refractivity contribution in [2.45, 2.75) is 0 Å². The minimum atomic E-state index is -0.877. The fourth-order valence-corrected chi connectivity index (χ4v) is 1.15. The predicted molar refractivity (Wildman–Crippen MR) is 57.3 cm³/mol. The third-order valence-corrected chi connectivity index (χ3v) is 1.97. The highest BCUT2D eigenvalue weighted by molar-refractivity contribution is 6.42. The van der Waals surface area contributed by atoms with Crippen molar-refractivity contribution < 1.29 is 24.0 Å². The molecule has 6 nitrogen and oxygen atoms in total. The van der Waals surface area contributed by atoms with Crippen molar-refractivity contribution in [1.29, 1.82) is 0 Å². The van der Waals surface area contributed by atoms with Crippen LogP contribution in [0.4, 0.5) is 0 Å². The smallest absolute Gasteiger partial charge is 0.337 e. The number of carbonyl (C=O) groups excluding carboxylic acids is 3. The monoisotopic (exact) mass is 237 g/mol. The Morgan fingerprint density at radius 1 is 1.00 bits per heavy atom. The van der Waals surface area contributed by atoms with Crippen LogP contribution in [0, 0.1) is 0 Å². The lowest BCUT2D eigenvalue weighted by Crippen LogP contribution is -2.30. The van der Waals surface area contributed by atoms with Crippen LogP contribution in [-0.2, 0) is 14.4 Å². The van der Waals surface area contributed by atoms with Crippen LogP contribution in [0.25, 0.3) is 0 Å². The van der Waals surface area contributed by atoms with E-state index in [0.29, 0.717) is 5.56 Å². The quantitative estimate of drug-likeness (QED) is 0.353. The first-order chi connectivity index (χ1) is 8.10. The van der Waals surface area contributed by atoms with E-state index in [2.05, 4.69) is 9.57 Å². The van der Waals surface area contributed by atoms with Gasteiger partial charge in [-0.15, -0.1) is 0 Å². The summed E-state index contributed by atoms with van der Waals surface area (Å²) < 4.78 is 4.50. The van der Waals surface area contributed by atoms with Crippen LogP contribution in [0.3, 0.4) is 0 Å². The number of amides is 1. The lowest BCUT2D eigenvalue weighted by molar-refractivity contribution is -0.126. The highest BCUT2D eigenvalue weighted by Gasteiger charge is 2.16. The van der Waals surface area contributed by atoms with Crippen molar-refractivity contribution in [2.24, 2.45) is 0 Å². The first kappa shape index (κ1) is 12.9. The van der Waals surface area contributed by atoms with Gasteiger partial charge in [-0.05, 0) is 24.3 Å². The molecule has 6 heteroatoms. The zero-order valence-corrected chi connectivity index (χ0v) is 9.35. The molecule has 1 aromatic rings. The van der Waals surface area contributed by atoms with Crippen molar-refractivity contribution in [3.63, 3.8) is 0 Å². The molecule has 0 heterocycles. The number of methoxy groups -OCH3 is 1. The van der Waals surface area contributed by atoms with Gasteiger partial charge in [-0.2, -0.15) is 0 Å². The number of benzene rings is 1. The molecule has 0 aromatic heterocycles. The van der Waals surface area contributed by atoms with Crippen molar-refractivity contribution in [3.05, 3.63) is 35.4 Å². The first-order valence-electron chi connectivity index (χ1n) is 4.66. The molecule has 0 saturated carbocycles. The van der Waals surface area contributed by atoms with E-state index in [4.69, 9.17) is 0 Å². The zero-order valence-electron chi connectivity index (χ0n) is 9.35. The average Bonchev–Trinajstić information content (AvgIpc) is 2.37. The molecule has 0 unspecified atom stereocenters. The van der Waals surface area contributed by atoms with E-state index in [0.717, 1.165) is 0 Å². The second-order valence-corrected chi connectivity index (χ2v) is 3.03. The number of hydrogen-bond acceptors (Lipinski definition) is 5. The number of carbonyl (C=O) groups is 3. The second-order valence-electron chi connectivity index (χ2n) is 3.03. The molecule has 0 aliphatic heterocycles. The molecule has 1 amide bonds. The largest absolute Gasteiger partial charge is 0.465 e. The Kier molecular flexibility index (Phi) is 4.36. The summed E-state index contributed by atoms with van der Waals surface area (Å²) in [4.78, 5) is 38.1. The van der Waals surface area contributed by atoms with Gasteiger partial charge in [0, 0.05) is 5.56 Å². The number of hydroxylamine groups is 1. The van der Waals surface area contributed by atoms with E-state index in [1.165, 1.54) is 38.5 Å². The molecule has 0 radical (unpaired) electrons. The molecule has 0 saturated heterocycles. The molecule has 0 aliphatic rings. The van der Waals surface area contributed by atoms with Gasteiger partial charge in [-0.1, -0.05) is 0 Å². The number of nitrogens with one attached hydrogen (secondary N) is 1. The van der Waals surface area contributed by atoms with Gasteiger partial charge in [0.25, 0.3) is 5.78 Å². The van der Waals surface area contributed by atoms with Gasteiger partial charge >= 0.3 is 11.9 Å². The second kappa shape index (κ2) is 5.76. The standard InChI is InChI=1S/C11H11NO5/c1-16-11(15)8-5-3-7(4-6-8)9(13)10(14)12-17-2/h3-6H,1-2H3,(H,12,14). The van der Waals surface area contributed by atoms with E-state index in [-0.39, 0.29) is 5.56 Å². The summed E-state index contributed by atoms with van der Waals surface area (Å²) in [5, 5.41) is 0. The first-order valence-corrected chi connectivity index (χ1v) is 4.66. The van der Waals surface area contributed by atoms with Crippen LogP contribution in [0.2, 0.25) is 0 Å². The topological polar surface area (TPSA) is 81.7 Å². The number of Topliss-reactive ketones (excluding diaryl/α,β-unsaturated/α-hetero) is 1. The molecule has 1 rings (SSSR count). The maximum atomic E-state index is 11.5. The van der Waals surface area contributed by atoms with E-state index in [9.17, 15) is 14.4 Å². The fraction of sp³-hybridized carbons (Fsp3) is 0.182. The average molecular weight is 237 g/mol. The van der Waals surface area contributed by atoms with E-state index in [1.54, 1.807) is 0 Å². The van der Waals surface area contributed by atoms with Crippen LogP contribution in [0.5, 0.6) is 0 Å². The van der Waals surface area contributed by atoms with Crippen LogP contribution < -0.4 is 5.48 Å². The van der Waals surface area contributed by atoms with Crippen LogP contribution >= 0.6 is 0 Å². The van der Waals surface area contributed by atoms with Crippen LogP contribution in [0.15, 0.2) is 24.3 Å². The maximum absolute atomic E-state index is 11.5. The van der Waals surface area contributed by atoms with Gasteiger partial charge in [-0.3, -0.25) is 14.4 Å². The highest BCUT2D eigenvalue weighted by atomic mass is 16.6. The van der Waals surface area contributed by atoms with Gasteiger partial charge in [-0.25, -0.2) is 10.3 Å². The SMILES string of the molecule is CONC(=O)C(=O)c1ccc(C(=O)OC)cc1. The molecule has 1 aromatic carbocycles. The maximum Gasteiger partial charge on any atom is 0.337 e. The summed E-state index contributed by atoms with van der Waals surface area (Å²) in [5.74, 6) is -2.13. The lowest BCUT2D eigenvalue weighted by atomic mass is 10.1. The summed E-state index contributed by atoms with van der Waals surface area (Å²) in [7, 11) is 2.49. The number of rotatable bonds is 4. The van der Waals surface area contributed by atoms with Gasteiger partial charge < -0.3 is 4.74 Å². The molecule has 0 aliphatic carbocycles. The summed E-state index contributed by atoms with van der Waals surface area (Å²) >= 11 is 0. The molecule has 90 valence electrons. The molecule has 17 heavy (non-hydrogen) atoms. The molecule has 0 bridgehead atoms. The Morgan fingerprint density at radius 2 is 1.53 bits per heavy atom. The van der Waals surface area contributed by atoms with Crippen molar-refractivity contribution >= 4 is 17.7 Å². The Labute approximate surface area is 97.5 Å². The van der Waals surface area contributed by atoms with E-state index in [1.807, 2.05) is 5.48 Å². The minimum absolute atomic E-state index is 0.159. The molecular formula is C11H11NO5. The molecule has 1 N–H and O–H groups in total. The van der Waals surface area contributed by atoms with Gasteiger partial charge in [0.1, 0.15) is 0 Å². The Morgan fingerprint density at radius 3 is 2.00 bits per heavy atom. The highest BCUT2D eigenvalue weighted by Crippen LogP contribution is 2.06. The third kappa shape index (κ3) is 3.12. The zero-order chi connectivity index (χ0) is 12.8.